The second-order valence-electron chi connectivity index (χ2n) is 3.31. The van der Waals surface area contributed by atoms with Crippen molar-refractivity contribution in [3.05, 3.63) is 0 Å². The first-order valence-electron chi connectivity index (χ1n) is 4.94. The zero-order valence-electron chi connectivity index (χ0n) is 9.01. The minimum atomic E-state index is -4.23. The minimum absolute atomic E-state index is 0.207. The van der Waals surface area contributed by atoms with Gasteiger partial charge in [-0.25, -0.2) is 0 Å². The molecule has 0 aliphatic carbocycles. The quantitative estimate of drug-likeness (QED) is 0.729. The van der Waals surface area contributed by atoms with Crippen LogP contribution >= 0.6 is 11.8 Å². The number of aliphatic hydroxyl groups is 1. The Morgan fingerprint density at radius 2 is 2.12 bits per heavy atom. The van der Waals surface area contributed by atoms with Crippen molar-refractivity contribution in [1.82, 2.24) is 5.32 Å². The number of aliphatic hydroxyl groups excluding tert-OH is 1. The molecule has 0 bridgehead atoms. The fraction of sp³-hybridized carbons (Fsp3) is 0.889. The molecular weight excluding hydrogens is 243 g/mol. The third-order valence-electron chi connectivity index (χ3n) is 1.77. The second kappa shape index (κ2) is 7.78. The molecule has 0 fully saturated rings. The van der Waals surface area contributed by atoms with Crippen molar-refractivity contribution in [3.8, 4) is 0 Å². The van der Waals surface area contributed by atoms with Crippen LogP contribution in [-0.2, 0) is 4.79 Å². The Kier molecular flexibility index (Phi) is 7.57. The Balaban J connectivity index is 3.46. The third-order valence-corrected chi connectivity index (χ3v) is 2.77. The molecule has 0 aromatic heterocycles. The van der Waals surface area contributed by atoms with E-state index in [1.54, 1.807) is 0 Å². The van der Waals surface area contributed by atoms with Crippen LogP contribution in [0.4, 0.5) is 13.2 Å². The van der Waals surface area contributed by atoms with E-state index in [-0.39, 0.29) is 5.75 Å². The number of hydrogen-bond acceptors (Lipinski definition) is 3. The van der Waals surface area contributed by atoms with E-state index in [1.165, 1.54) is 0 Å². The van der Waals surface area contributed by atoms with Crippen molar-refractivity contribution >= 4 is 17.7 Å². The van der Waals surface area contributed by atoms with Crippen molar-refractivity contribution in [2.45, 2.75) is 32.0 Å². The molecule has 0 aliphatic rings. The van der Waals surface area contributed by atoms with Crippen molar-refractivity contribution in [1.29, 1.82) is 0 Å². The Bertz CT molecular complexity index is 211. The van der Waals surface area contributed by atoms with Gasteiger partial charge in [-0.3, -0.25) is 4.79 Å². The van der Waals surface area contributed by atoms with Gasteiger partial charge in [0.1, 0.15) is 0 Å². The van der Waals surface area contributed by atoms with E-state index in [0.29, 0.717) is 31.1 Å². The van der Waals surface area contributed by atoms with Crippen LogP contribution in [-0.4, -0.2) is 41.3 Å². The van der Waals surface area contributed by atoms with Crippen LogP contribution in [0.3, 0.4) is 0 Å². The molecular formula is C9H16F3NO2S. The summed E-state index contributed by atoms with van der Waals surface area (Å²) in [4.78, 5) is 11.0. The van der Waals surface area contributed by atoms with Gasteiger partial charge in [0.05, 0.1) is 17.6 Å². The summed E-state index contributed by atoms with van der Waals surface area (Å²) in [6.45, 7) is 2.10. The molecule has 0 saturated heterocycles. The van der Waals surface area contributed by atoms with Crippen LogP contribution in [0.5, 0.6) is 0 Å². The molecule has 1 unspecified atom stereocenters. The fourth-order valence-electron chi connectivity index (χ4n) is 0.893. The van der Waals surface area contributed by atoms with E-state index < -0.39 is 23.9 Å². The molecule has 2 N–H and O–H groups in total. The highest BCUT2D eigenvalue weighted by Gasteiger charge is 2.27. The number of nitrogens with one attached hydrogen (secondary N) is 1. The van der Waals surface area contributed by atoms with E-state index in [1.807, 2.05) is 6.92 Å². The van der Waals surface area contributed by atoms with Gasteiger partial charge in [0, 0.05) is 6.54 Å². The summed E-state index contributed by atoms with van der Waals surface area (Å²) in [5.41, 5.74) is 0. The standard InChI is InChI=1S/C9H16F3NO2S/c1-2-7(14)3-4-13-8(15)5-16-6-9(10,11)12/h7,14H,2-6H2,1H3,(H,13,15). The van der Waals surface area contributed by atoms with Crippen molar-refractivity contribution in [2.75, 3.05) is 18.1 Å². The number of hydrogen-bond donors (Lipinski definition) is 2. The predicted octanol–water partition coefficient (Wildman–Crippen LogP) is 1.56. The normalized spacial score (nSPS) is 13.6. The van der Waals surface area contributed by atoms with E-state index in [0.717, 1.165) is 0 Å². The topological polar surface area (TPSA) is 49.3 Å². The Morgan fingerprint density at radius 3 is 2.62 bits per heavy atom. The number of alkyl halides is 3. The molecule has 0 heterocycles. The number of rotatable bonds is 7. The first-order chi connectivity index (χ1) is 7.35. The zero-order valence-corrected chi connectivity index (χ0v) is 9.83. The highest BCUT2D eigenvalue weighted by Crippen LogP contribution is 2.20. The van der Waals surface area contributed by atoms with Crippen LogP contribution in [0.25, 0.3) is 0 Å². The Morgan fingerprint density at radius 1 is 1.50 bits per heavy atom. The Hall–Kier alpha value is -0.430. The lowest BCUT2D eigenvalue weighted by molar-refractivity contribution is -0.118. The average molecular weight is 259 g/mol. The second-order valence-corrected chi connectivity index (χ2v) is 4.29. The van der Waals surface area contributed by atoms with Gasteiger partial charge in [0.25, 0.3) is 0 Å². The molecule has 0 aliphatic heterocycles. The highest BCUT2D eigenvalue weighted by molar-refractivity contribution is 8.00. The zero-order chi connectivity index (χ0) is 12.6. The molecule has 0 saturated carbocycles. The van der Waals surface area contributed by atoms with E-state index in [4.69, 9.17) is 5.11 Å². The average Bonchev–Trinajstić information content (AvgIpc) is 2.15. The lowest BCUT2D eigenvalue weighted by Gasteiger charge is -2.09. The van der Waals surface area contributed by atoms with Crippen LogP contribution < -0.4 is 5.32 Å². The summed E-state index contributed by atoms with van der Waals surface area (Å²) < 4.78 is 35.2. The third kappa shape index (κ3) is 10.1. The molecule has 7 heteroatoms. The van der Waals surface area contributed by atoms with Gasteiger partial charge in [0.15, 0.2) is 0 Å². The number of thioether (sulfide) groups is 1. The lowest BCUT2D eigenvalue weighted by Crippen LogP contribution is -2.29. The number of amides is 1. The van der Waals surface area contributed by atoms with Crippen LogP contribution in [0.1, 0.15) is 19.8 Å². The maximum absolute atomic E-state index is 11.7. The van der Waals surface area contributed by atoms with Crippen molar-refractivity contribution < 1.29 is 23.1 Å². The predicted molar refractivity (Wildman–Crippen MR) is 57.3 cm³/mol. The van der Waals surface area contributed by atoms with E-state index in [9.17, 15) is 18.0 Å². The number of carbonyl (C=O) groups excluding carboxylic acids is 1. The summed E-state index contributed by atoms with van der Waals surface area (Å²) in [5, 5.41) is 11.6. The van der Waals surface area contributed by atoms with Crippen molar-refractivity contribution in [3.63, 3.8) is 0 Å². The Labute approximate surface area is 96.8 Å². The first kappa shape index (κ1) is 15.6. The molecule has 1 amide bonds. The van der Waals surface area contributed by atoms with E-state index in [2.05, 4.69) is 5.32 Å². The monoisotopic (exact) mass is 259 g/mol. The van der Waals surface area contributed by atoms with Crippen molar-refractivity contribution in [2.24, 2.45) is 0 Å². The molecule has 0 radical (unpaired) electrons. The number of halogens is 3. The van der Waals surface area contributed by atoms with Gasteiger partial charge in [0.2, 0.25) is 5.91 Å². The molecule has 0 spiro atoms. The van der Waals surface area contributed by atoms with Gasteiger partial charge < -0.3 is 10.4 Å². The van der Waals surface area contributed by atoms with Crippen LogP contribution in [0, 0.1) is 0 Å². The summed E-state index contributed by atoms with van der Waals surface area (Å²) in [7, 11) is 0. The molecule has 3 nitrogen and oxygen atoms in total. The molecule has 0 aromatic rings. The van der Waals surface area contributed by atoms with Gasteiger partial charge in [-0.1, -0.05) is 6.92 Å². The fourth-order valence-corrected chi connectivity index (χ4v) is 1.51. The van der Waals surface area contributed by atoms with Gasteiger partial charge >= 0.3 is 6.18 Å². The van der Waals surface area contributed by atoms with E-state index >= 15 is 0 Å². The number of carbonyl (C=O) groups is 1. The van der Waals surface area contributed by atoms with Gasteiger partial charge in [-0.05, 0) is 12.8 Å². The first-order valence-corrected chi connectivity index (χ1v) is 6.10. The SMILES string of the molecule is CCC(O)CCNC(=O)CSCC(F)(F)F. The lowest BCUT2D eigenvalue weighted by atomic mass is 10.2. The van der Waals surface area contributed by atoms with Crippen LogP contribution in [0.2, 0.25) is 0 Å². The highest BCUT2D eigenvalue weighted by atomic mass is 32.2. The summed E-state index contributed by atoms with van der Waals surface area (Å²) >= 11 is 0.533. The summed E-state index contributed by atoms with van der Waals surface area (Å²) in [6, 6.07) is 0. The maximum Gasteiger partial charge on any atom is 0.397 e. The molecule has 16 heavy (non-hydrogen) atoms. The van der Waals surface area contributed by atoms with Gasteiger partial charge in [-0.15, -0.1) is 11.8 Å². The molecule has 0 aromatic carbocycles. The minimum Gasteiger partial charge on any atom is -0.393 e. The van der Waals surface area contributed by atoms with Gasteiger partial charge in [-0.2, -0.15) is 13.2 Å². The summed E-state index contributed by atoms with van der Waals surface area (Å²) in [5.74, 6) is -1.66. The van der Waals surface area contributed by atoms with Crippen LogP contribution in [0.15, 0.2) is 0 Å². The molecule has 96 valence electrons. The summed E-state index contributed by atoms with van der Waals surface area (Å²) in [6.07, 6.45) is -3.68. The molecule has 0 rings (SSSR count). The smallest absolute Gasteiger partial charge is 0.393 e. The molecule has 1 atom stereocenters. The largest absolute Gasteiger partial charge is 0.397 e. The maximum atomic E-state index is 11.7.